The van der Waals surface area contributed by atoms with Gasteiger partial charge in [0.1, 0.15) is 16.6 Å². The van der Waals surface area contributed by atoms with E-state index in [-0.39, 0.29) is 11.4 Å². The molecule has 0 saturated heterocycles. The Labute approximate surface area is 124 Å². The van der Waals surface area contributed by atoms with Gasteiger partial charge in [0, 0.05) is 13.3 Å². The van der Waals surface area contributed by atoms with Crippen molar-refractivity contribution >= 4 is 22.7 Å². The fraction of sp³-hybridized carbons (Fsp3) is 0.308. The second kappa shape index (κ2) is 5.85. The molecular formula is C13H13N5O2S. The van der Waals surface area contributed by atoms with Crippen LogP contribution in [-0.2, 0) is 13.5 Å². The molecule has 0 radical (unpaired) electrons. The first kappa shape index (κ1) is 14.9. The van der Waals surface area contributed by atoms with Crippen LogP contribution in [0.2, 0.25) is 0 Å². The summed E-state index contributed by atoms with van der Waals surface area (Å²) in [4.78, 5) is 16.0. The minimum absolute atomic E-state index is 0.0109. The number of nitrogens with zero attached hydrogens (tertiary/aromatic N) is 5. The lowest BCUT2D eigenvalue weighted by atomic mass is 10.1. The highest BCUT2D eigenvalue weighted by Gasteiger charge is 2.15. The molecule has 0 spiro atoms. The summed E-state index contributed by atoms with van der Waals surface area (Å²) in [5.41, 5.74) is 0.168. The molecule has 0 atom stereocenters. The van der Waals surface area contributed by atoms with Crippen molar-refractivity contribution in [3.05, 3.63) is 32.1 Å². The van der Waals surface area contributed by atoms with Gasteiger partial charge in [-0.1, -0.05) is 18.3 Å². The predicted molar refractivity (Wildman–Crippen MR) is 79.3 cm³/mol. The monoisotopic (exact) mass is 303 g/mol. The minimum Gasteiger partial charge on any atom is -0.494 e. The van der Waals surface area contributed by atoms with Crippen molar-refractivity contribution in [3.63, 3.8) is 0 Å². The Morgan fingerprint density at radius 2 is 2.24 bits per heavy atom. The van der Waals surface area contributed by atoms with Crippen LogP contribution in [0.3, 0.4) is 0 Å². The van der Waals surface area contributed by atoms with E-state index in [9.17, 15) is 9.90 Å². The normalized spacial score (nSPS) is 11.0. The molecule has 2 aromatic rings. The van der Waals surface area contributed by atoms with Gasteiger partial charge in [0.15, 0.2) is 0 Å². The quantitative estimate of drug-likeness (QED) is 0.864. The first-order chi connectivity index (χ1) is 9.99. The molecule has 0 amide bonds. The van der Waals surface area contributed by atoms with Gasteiger partial charge in [-0.05, 0) is 18.9 Å². The van der Waals surface area contributed by atoms with Crippen molar-refractivity contribution in [2.75, 3.05) is 0 Å². The van der Waals surface area contributed by atoms with Crippen LogP contribution in [0.15, 0.2) is 9.79 Å². The first-order valence-corrected chi connectivity index (χ1v) is 7.00. The zero-order valence-corrected chi connectivity index (χ0v) is 12.6. The topological polar surface area (TPSA) is 104 Å². The van der Waals surface area contributed by atoms with E-state index in [1.165, 1.54) is 24.6 Å². The molecule has 0 aliphatic heterocycles. The number of hydrogen-bond donors (Lipinski definition) is 1. The maximum atomic E-state index is 11.8. The Bertz CT molecular complexity index is 813. The maximum absolute atomic E-state index is 11.8. The summed E-state index contributed by atoms with van der Waals surface area (Å²) >= 11 is 1.35. The number of hydrogen-bond acceptors (Lipinski definition) is 7. The Morgan fingerprint density at radius 3 is 2.81 bits per heavy atom. The van der Waals surface area contributed by atoms with E-state index >= 15 is 0 Å². The highest BCUT2D eigenvalue weighted by Crippen LogP contribution is 2.22. The number of aryl methyl sites for hydroxylation is 1. The number of aromatic nitrogens is 3. The van der Waals surface area contributed by atoms with Gasteiger partial charge >= 0.3 is 0 Å². The highest BCUT2D eigenvalue weighted by atomic mass is 32.1. The minimum atomic E-state index is -0.533. The zero-order valence-electron chi connectivity index (χ0n) is 11.8. The third-order valence-corrected chi connectivity index (χ3v) is 4.01. The fourth-order valence-corrected chi connectivity index (χ4v) is 2.38. The van der Waals surface area contributed by atoms with Gasteiger partial charge < -0.3 is 5.11 Å². The largest absolute Gasteiger partial charge is 0.494 e. The standard InChI is InChI=1S/C13H13N5O2S/c1-4-10-16-17-13(21-10)15-6-9-7(2)8(5-14)11(19)18(3)12(9)20/h6,20H,4H2,1-3H3/b15-6+. The van der Waals surface area contributed by atoms with Gasteiger partial charge in [0.2, 0.25) is 11.0 Å². The maximum Gasteiger partial charge on any atom is 0.271 e. The summed E-state index contributed by atoms with van der Waals surface area (Å²) in [5.74, 6) is -0.236. The molecule has 21 heavy (non-hydrogen) atoms. The zero-order chi connectivity index (χ0) is 15.6. The predicted octanol–water partition coefficient (Wildman–Crippen LogP) is 1.44. The molecule has 0 aliphatic rings. The third-order valence-electron chi connectivity index (χ3n) is 3.03. The Balaban J connectivity index is 2.52. The van der Waals surface area contributed by atoms with Crippen LogP contribution >= 0.6 is 11.3 Å². The summed E-state index contributed by atoms with van der Waals surface area (Å²) in [5, 5.41) is 28.2. The average molecular weight is 303 g/mol. The van der Waals surface area contributed by atoms with Gasteiger partial charge in [-0.2, -0.15) is 5.26 Å². The number of aliphatic imine (C=N–C) groups is 1. The molecule has 2 aromatic heterocycles. The van der Waals surface area contributed by atoms with E-state index in [0.717, 1.165) is 16.0 Å². The van der Waals surface area contributed by atoms with Crippen molar-refractivity contribution in [2.45, 2.75) is 20.3 Å². The van der Waals surface area contributed by atoms with Crippen LogP contribution in [0.4, 0.5) is 5.13 Å². The van der Waals surface area contributed by atoms with Gasteiger partial charge in [-0.15, -0.1) is 10.2 Å². The van der Waals surface area contributed by atoms with Crippen molar-refractivity contribution in [2.24, 2.45) is 12.0 Å². The van der Waals surface area contributed by atoms with Crippen LogP contribution in [0.1, 0.15) is 28.6 Å². The SMILES string of the molecule is CCc1nnc(/N=C/c2c(C)c(C#N)c(=O)n(C)c2O)s1. The van der Waals surface area contributed by atoms with E-state index in [2.05, 4.69) is 15.2 Å². The molecule has 1 N–H and O–H groups in total. The lowest BCUT2D eigenvalue weighted by Gasteiger charge is -2.09. The van der Waals surface area contributed by atoms with Gasteiger partial charge in [-0.3, -0.25) is 9.36 Å². The Hall–Kier alpha value is -2.53. The number of pyridine rings is 1. The van der Waals surface area contributed by atoms with E-state index in [0.29, 0.717) is 16.3 Å². The average Bonchev–Trinajstić information content (AvgIpc) is 2.93. The molecular weight excluding hydrogens is 290 g/mol. The van der Waals surface area contributed by atoms with Crippen LogP contribution in [0.5, 0.6) is 5.88 Å². The van der Waals surface area contributed by atoms with Crippen molar-refractivity contribution in [1.29, 1.82) is 5.26 Å². The van der Waals surface area contributed by atoms with Crippen LogP contribution in [-0.4, -0.2) is 26.1 Å². The number of nitriles is 1. The summed E-state index contributed by atoms with van der Waals surface area (Å²) in [6, 6.07) is 1.85. The second-order valence-electron chi connectivity index (χ2n) is 4.30. The third kappa shape index (κ3) is 2.68. The molecule has 2 rings (SSSR count). The smallest absolute Gasteiger partial charge is 0.271 e. The summed E-state index contributed by atoms with van der Waals surface area (Å²) in [6.45, 7) is 3.56. The van der Waals surface area contributed by atoms with E-state index in [1.54, 1.807) is 6.92 Å². The summed E-state index contributed by atoms with van der Waals surface area (Å²) in [6.07, 6.45) is 2.17. The first-order valence-electron chi connectivity index (χ1n) is 6.18. The number of rotatable bonds is 3. The van der Waals surface area contributed by atoms with Crippen LogP contribution in [0.25, 0.3) is 0 Å². The fourth-order valence-electron chi connectivity index (χ4n) is 1.75. The van der Waals surface area contributed by atoms with Crippen molar-refractivity contribution < 1.29 is 5.11 Å². The molecule has 0 unspecified atom stereocenters. The molecule has 0 saturated carbocycles. The molecule has 0 bridgehead atoms. The Morgan fingerprint density at radius 1 is 1.52 bits per heavy atom. The van der Waals surface area contributed by atoms with E-state index in [1.807, 2.05) is 13.0 Å². The van der Waals surface area contributed by atoms with Crippen molar-refractivity contribution in [3.8, 4) is 11.9 Å². The van der Waals surface area contributed by atoms with Gasteiger partial charge in [0.25, 0.3) is 5.56 Å². The van der Waals surface area contributed by atoms with Crippen molar-refractivity contribution in [1.82, 2.24) is 14.8 Å². The van der Waals surface area contributed by atoms with E-state index < -0.39 is 5.56 Å². The summed E-state index contributed by atoms with van der Waals surface area (Å²) < 4.78 is 1.02. The van der Waals surface area contributed by atoms with Gasteiger partial charge in [-0.25, -0.2) is 4.99 Å². The van der Waals surface area contributed by atoms with E-state index in [4.69, 9.17) is 5.26 Å². The molecule has 2 heterocycles. The molecule has 0 aromatic carbocycles. The van der Waals surface area contributed by atoms with Crippen LogP contribution in [0, 0.1) is 18.3 Å². The Kier molecular flexibility index (Phi) is 4.14. The molecule has 0 fully saturated rings. The molecule has 108 valence electrons. The molecule has 7 nitrogen and oxygen atoms in total. The highest BCUT2D eigenvalue weighted by molar-refractivity contribution is 7.14. The second-order valence-corrected chi connectivity index (χ2v) is 5.34. The lowest BCUT2D eigenvalue weighted by molar-refractivity contribution is 0.421. The molecule has 0 aliphatic carbocycles. The number of aromatic hydroxyl groups is 1. The molecule has 8 heteroatoms. The van der Waals surface area contributed by atoms with Crippen LogP contribution < -0.4 is 5.56 Å². The van der Waals surface area contributed by atoms with Gasteiger partial charge in [0.05, 0.1) is 5.56 Å². The summed E-state index contributed by atoms with van der Waals surface area (Å²) in [7, 11) is 1.40. The lowest BCUT2D eigenvalue weighted by Crippen LogP contribution is -2.22.